The predicted molar refractivity (Wildman–Crippen MR) is 150 cm³/mol. The molecule has 2 fully saturated rings. The number of pyridine rings is 1. The molecule has 37 heavy (non-hydrogen) atoms. The molecule has 1 amide bonds. The van der Waals surface area contributed by atoms with Crippen molar-refractivity contribution in [1.82, 2.24) is 14.8 Å². The number of nitrogens with one attached hydrogen (secondary N) is 1. The van der Waals surface area contributed by atoms with Crippen LogP contribution in [0.4, 0.5) is 0 Å². The Bertz CT molecular complexity index is 1200. The highest BCUT2D eigenvalue weighted by Gasteiger charge is 2.38. The highest BCUT2D eigenvalue weighted by molar-refractivity contribution is 7.12. The van der Waals surface area contributed by atoms with Crippen LogP contribution in [0.2, 0.25) is 0 Å². The summed E-state index contributed by atoms with van der Waals surface area (Å²) in [5.74, 6) is 1.25. The third-order valence-corrected chi connectivity index (χ3v) is 10.5. The first-order chi connectivity index (χ1) is 17.6. The number of nitrogens with zero attached hydrogens (tertiary/aromatic N) is 2. The molecule has 0 aromatic carbocycles. The largest absolute Gasteiger partial charge is 0.373 e. The Kier molecular flexibility index (Phi) is 7.68. The van der Waals surface area contributed by atoms with Crippen molar-refractivity contribution in [3.8, 4) is 0 Å². The van der Waals surface area contributed by atoms with E-state index in [4.69, 9.17) is 4.74 Å². The minimum absolute atomic E-state index is 0.0794. The van der Waals surface area contributed by atoms with Gasteiger partial charge in [-0.25, -0.2) is 0 Å². The van der Waals surface area contributed by atoms with Crippen LogP contribution >= 0.6 is 11.3 Å². The molecular weight excluding hydrogens is 482 g/mol. The first-order valence-corrected chi connectivity index (χ1v) is 14.9. The maximum atomic E-state index is 13.6. The van der Waals surface area contributed by atoms with Crippen LogP contribution in [0.25, 0.3) is 0 Å². The molecule has 1 aliphatic carbocycles. The Morgan fingerprint density at radius 1 is 1.08 bits per heavy atom. The lowest BCUT2D eigenvalue weighted by atomic mass is 9.76. The lowest BCUT2D eigenvalue weighted by molar-refractivity contribution is -0.100. The number of H-pyrrole nitrogens is 1. The van der Waals surface area contributed by atoms with Crippen molar-refractivity contribution in [2.75, 3.05) is 19.6 Å². The number of likely N-dealkylation sites (tertiary alicyclic amines) is 1. The Balaban J connectivity index is 1.23. The molecule has 1 saturated heterocycles. The van der Waals surface area contributed by atoms with Gasteiger partial charge in [0.1, 0.15) is 0 Å². The van der Waals surface area contributed by atoms with E-state index in [1.807, 2.05) is 36.2 Å². The third kappa shape index (κ3) is 5.32. The topological polar surface area (TPSA) is 65.6 Å². The molecule has 1 saturated carbocycles. The lowest BCUT2D eigenvalue weighted by Crippen LogP contribution is -2.57. The van der Waals surface area contributed by atoms with Crippen molar-refractivity contribution in [2.45, 2.75) is 104 Å². The van der Waals surface area contributed by atoms with Gasteiger partial charge in [0.15, 0.2) is 0 Å². The minimum atomic E-state index is -0.0794. The summed E-state index contributed by atoms with van der Waals surface area (Å²) >= 11 is 1.87. The van der Waals surface area contributed by atoms with E-state index in [2.05, 4.69) is 37.6 Å². The second-order valence-corrected chi connectivity index (χ2v) is 13.1. The summed E-state index contributed by atoms with van der Waals surface area (Å²) in [6.45, 7) is 15.9. The number of rotatable bonds is 7. The Morgan fingerprint density at radius 2 is 1.78 bits per heavy atom. The van der Waals surface area contributed by atoms with E-state index < -0.39 is 0 Å². The second kappa shape index (κ2) is 10.7. The molecule has 1 unspecified atom stereocenters. The number of carbonyl (C=O) groups excluding carboxylic acids is 1. The molecule has 1 N–H and O–H groups in total. The molecule has 2 aliphatic heterocycles. The van der Waals surface area contributed by atoms with Gasteiger partial charge >= 0.3 is 0 Å². The zero-order chi connectivity index (χ0) is 26.4. The summed E-state index contributed by atoms with van der Waals surface area (Å²) in [4.78, 5) is 36.2. The van der Waals surface area contributed by atoms with Crippen molar-refractivity contribution in [2.24, 2.45) is 5.92 Å². The van der Waals surface area contributed by atoms with Gasteiger partial charge in [-0.1, -0.05) is 6.92 Å². The fraction of sp³-hybridized carbons (Fsp3) is 0.667. The van der Waals surface area contributed by atoms with Crippen molar-refractivity contribution in [1.29, 1.82) is 0 Å². The van der Waals surface area contributed by atoms with Gasteiger partial charge in [0, 0.05) is 53.1 Å². The third-order valence-electron chi connectivity index (χ3n) is 8.93. The number of hydrogen-bond acceptors (Lipinski definition) is 5. The number of amides is 1. The number of carbonyl (C=O) groups is 1. The molecular formula is C30H43N3O3S. The molecule has 0 radical (unpaired) electrons. The smallest absolute Gasteiger partial charge is 0.255 e. The predicted octanol–water partition coefficient (Wildman–Crippen LogP) is 5.33. The number of aromatic nitrogens is 1. The first kappa shape index (κ1) is 26.6. The van der Waals surface area contributed by atoms with Gasteiger partial charge in [0.2, 0.25) is 0 Å². The summed E-state index contributed by atoms with van der Waals surface area (Å²) in [6.07, 6.45) is 6.67. The highest BCUT2D eigenvalue weighted by Crippen LogP contribution is 2.44. The van der Waals surface area contributed by atoms with E-state index in [1.54, 1.807) is 0 Å². The summed E-state index contributed by atoms with van der Waals surface area (Å²) in [5.41, 5.74) is 4.51. The zero-order valence-electron chi connectivity index (χ0n) is 23.4. The second-order valence-electron chi connectivity index (χ2n) is 11.9. The standard InChI is InChI=1S/C30H43N3O3S/c1-17(2)36-24-14-33(15-24)23-9-7-22(8-10-23)20(5)28-21(6)27-26(37-28)11-12-32(30(27)35)16-25-18(3)13-19(4)31-29(25)34/h13,17,20,22-24H,7-12,14-16H2,1-6H3,(H,31,34). The summed E-state index contributed by atoms with van der Waals surface area (Å²) in [5, 5.41) is 0. The molecule has 6 nitrogen and oxygen atoms in total. The Hall–Kier alpha value is -1.96. The Labute approximate surface area is 225 Å². The van der Waals surface area contributed by atoms with Crippen LogP contribution in [0.15, 0.2) is 10.9 Å². The summed E-state index contributed by atoms with van der Waals surface area (Å²) in [6, 6.07) is 2.69. The minimum Gasteiger partial charge on any atom is -0.373 e. The number of hydrogen-bond donors (Lipinski definition) is 1. The number of thiophene rings is 1. The van der Waals surface area contributed by atoms with Gasteiger partial charge in [-0.05, 0) is 89.3 Å². The molecule has 3 aliphatic rings. The highest BCUT2D eigenvalue weighted by atomic mass is 32.1. The van der Waals surface area contributed by atoms with Gasteiger partial charge in [-0.3, -0.25) is 14.5 Å². The van der Waals surface area contributed by atoms with Gasteiger partial charge in [0.05, 0.1) is 24.3 Å². The van der Waals surface area contributed by atoms with Crippen molar-refractivity contribution >= 4 is 17.2 Å². The number of fused-ring (bicyclic) bond motifs is 1. The van der Waals surface area contributed by atoms with Gasteiger partial charge < -0.3 is 14.6 Å². The molecule has 202 valence electrons. The van der Waals surface area contributed by atoms with Crippen LogP contribution in [0.1, 0.15) is 94.9 Å². The van der Waals surface area contributed by atoms with E-state index in [0.717, 1.165) is 36.3 Å². The monoisotopic (exact) mass is 525 g/mol. The van der Waals surface area contributed by atoms with E-state index in [1.165, 1.54) is 41.0 Å². The molecule has 2 aromatic heterocycles. The Morgan fingerprint density at radius 3 is 2.43 bits per heavy atom. The average molecular weight is 526 g/mol. The van der Waals surface area contributed by atoms with Crippen LogP contribution in [0, 0.1) is 26.7 Å². The molecule has 0 spiro atoms. The van der Waals surface area contributed by atoms with Gasteiger partial charge in [-0.15, -0.1) is 11.3 Å². The first-order valence-electron chi connectivity index (χ1n) is 14.1. The van der Waals surface area contributed by atoms with Crippen LogP contribution in [0.3, 0.4) is 0 Å². The number of aromatic amines is 1. The molecule has 0 bridgehead atoms. The molecule has 7 heteroatoms. The van der Waals surface area contributed by atoms with Crippen molar-refractivity contribution in [3.63, 3.8) is 0 Å². The van der Waals surface area contributed by atoms with Crippen molar-refractivity contribution in [3.05, 3.63) is 54.1 Å². The van der Waals surface area contributed by atoms with Crippen molar-refractivity contribution < 1.29 is 9.53 Å². The van der Waals surface area contributed by atoms with E-state index >= 15 is 0 Å². The van der Waals surface area contributed by atoms with Gasteiger partial charge in [0.25, 0.3) is 11.5 Å². The van der Waals surface area contributed by atoms with Gasteiger partial charge in [-0.2, -0.15) is 0 Å². The van der Waals surface area contributed by atoms with Crippen LogP contribution in [0.5, 0.6) is 0 Å². The summed E-state index contributed by atoms with van der Waals surface area (Å²) in [7, 11) is 0. The molecule has 4 heterocycles. The number of ether oxygens (including phenoxy) is 1. The quantitative estimate of drug-likeness (QED) is 0.531. The maximum Gasteiger partial charge on any atom is 0.255 e. The van der Waals surface area contributed by atoms with E-state index in [0.29, 0.717) is 48.7 Å². The van der Waals surface area contributed by atoms with Crippen LogP contribution < -0.4 is 5.56 Å². The molecule has 5 rings (SSSR count). The molecule has 1 atom stereocenters. The fourth-order valence-corrected chi connectivity index (χ4v) is 8.25. The van der Waals surface area contributed by atoms with E-state index in [9.17, 15) is 9.59 Å². The van der Waals surface area contributed by atoms with E-state index in [-0.39, 0.29) is 11.5 Å². The van der Waals surface area contributed by atoms with Crippen LogP contribution in [-0.4, -0.2) is 58.6 Å². The fourth-order valence-electron chi connectivity index (χ4n) is 6.82. The normalized spacial score (nSPS) is 23.9. The average Bonchev–Trinajstić information content (AvgIpc) is 3.16. The van der Waals surface area contributed by atoms with Crippen LogP contribution in [-0.2, 0) is 17.7 Å². The lowest BCUT2D eigenvalue weighted by Gasteiger charge is -2.47. The maximum absolute atomic E-state index is 13.6. The zero-order valence-corrected chi connectivity index (χ0v) is 24.2. The summed E-state index contributed by atoms with van der Waals surface area (Å²) < 4.78 is 5.95. The molecule has 2 aromatic rings. The SMILES string of the molecule is Cc1cc(C)c(CN2CCc3sc(C(C)C4CCC(N5CC(OC(C)C)C5)CC4)c(C)c3C2=O)c(=O)[nH]1. The number of aryl methyl sites for hydroxylation is 2.